The van der Waals surface area contributed by atoms with E-state index in [2.05, 4.69) is 24.3 Å². The van der Waals surface area contributed by atoms with Gasteiger partial charge in [-0.3, -0.25) is 29.0 Å². The zero-order valence-electron chi connectivity index (χ0n) is 36.4. The topological polar surface area (TPSA) is 74.8 Å². The van der Waals surface area contributed by atoms with Gasteiger partial charge in [0.15, 0.2) is 0 Å². The number of hydrogen-bond donors (Lipinski definition) is 0. The fourth-order valence-corrected chi connectivity index (χ4v) is 11.0. The largest absolute Gasteiger partial charge is 0.271 e. The molecule has 0 aliphatic carbocycles. The number of rotatable bonds is 10. The number of fused-ring (bicyclic) bond motifs is 2. The first kappa shape index (κ1) is 39.4. The van der Waals surface area contributed by atoms with Crippen molar-refractivity contribution < 1.29 is 19.2 Å². The Balaban J connectivity index is 1.44. The number of carbonyl (C=O) groups is 4. The van der Waals surface area contributed by atoms with Crippen LogP contribution in [0.5, 0.6) is 0 Å². The Hall–Kier alpha value is -7.44. The molecule has 0 fully saturated rings. The molecule has 11 rings (SSSR count). The van der Waals surface area contributed by atoms with Gasteiger partial charge in [-0.05, 0) is 127 Å². The minimum atomic E-state index is -0.295. The van der Waals surface area contributed by atoms with Crippen molar-refractivity contribution in [2.75, 3.05) is 0 Å². The van der Waals surface area contributed by atoms with Gasteiger partial charge in [0.1, 0.15) is 0 Å². The highest BCUT2D eigenvalue weighted by atomic mass is 16.2. The summed E-state index contributed by atoms with van der Waals surface area (Å²) in [6.07, 6.45) is 2.50. The molecule has 0 saturated heterocycles. The molecule has 6 heteroatoms. The maximum Gasteiger partial charge on any atom is 0.262 e. The lowest BCUT2D eigenvalue weighted by Gasteiger charge is -2.37. The van der Waals surface area contributed by atoms with Crippen molar-refractivity contribution in [3.05, 3.63) is 168 Å². The van der Waals surface area contributed by atoms with E-state index in [1.807, 2.05) is 149 Å². The second kappa shape index (κ2) is 15.1. The van der Waals surface area contributed by atoms with Crippen LogP contribution in [0.3, 0.4) is 0 Å². The first-order valence-electron chi connectivity index (χ1n) is 22.6. The summed E-state index contributed by atoms with van der Waals surface area (Å²) in [5, 5.41) is 6.30. The lowest BCUT2D eigenvalue weighted by Crippen LogP contribution is -2.47. The fourth-order valence-electron chi connectivity index (χ4n) is 11.0. The van der Waals surface area contributed by atoms with Crippen molar-refractivity contribution in [3.8, 4) is 44.5 Å². The minimum Gasteiger partial charge on any atom is -0.271 e. The van der Waals surface area contributed by atoms with Crippen LogP contribution in [0.1, 0.15) is 94.8 Å². The van der Waals surface area contributed by atoms with E-state index in [9.17, 15) is 0 Å². The molecule has 2 heterocycles. The van der Waals surface area contributed by atoms with E-state index in [-0.39, 0.29) is 35.7 Å². The number of benzene rings is 9. The Morgan fingerprint density at radius 1 is 0.328 bits per heavy atom. The van der Waals surface area contributed by atoms with Crippen LogP contribution in [0, 0.1) is 0 Å². The number of carbonyl (C=O) groups excluding carboxylic acids is 4. The summed E-state index contributed by atoms with van der Waals surface area (Å²) in [6.45, 7) is 8.13. The standard InChI is InChI=1S/C58H46N2O4/c1-5-37(6-2)59-55(61)49-39(33-21-13-9-14-22-33)29-43-45-31-41(35-25-17-11-18-26-35)51-54-48(45)46(44-30-40(34-23-15-10-16-24-34)50(56(59)62)53(49)47(43)44)32-42(36-27-19-12-20-28-36)52(54)58(64)60(57(51)63)38(7-3)8-4/h9-32,37-38H,5-8H2,1-4H3. The van der Waals surface area contributed by atoms with Gasteiger partial charge in [-0.1, -0.05) is 149 Å². The third kappa shape index (κ3) is 5.51. The molecular weight excluding hydrogens is 789 g/mol. The van der Waals surface area contributed by atoms with Gasteiger partial charge in [-0.2, -0.15) is 0 Å². The van der Waals surface area contributed by atoms with E-state index in [0.29, 0.717) is 58.7 Å². The Bertz CT molecular complexity index is 2950. The highest BCUT2D eigenvalue weighted by Crippen LogP contribution is 2.54. The number of nitrogens with zero attached hydrogens (tertiary/aromatic N) is 2. The van der Waals surface area contributed by atoms with Gasteiger partial charge in [0.05, 0.1) is 22.3 Å². The van der Waals surface area contributed by atoms with Crippen LogP contribution < -0.4 is 0 Å². The summed E-state index contributed by atoms with van der Waals surface area (Å²) in [5.74, 6) is -1.18. The van der Waals surface area contributed by atoms with Crippen LogP contribution in [0.15, 0.2) is 146 Å². The van der Waals surface area contributed by atoms with Crippen molar-refractivity contribution in [2.45, 2.75) is 65.5 Å². The third-order valence-corrected chi connectivity index (χ3v) is 14.1. The summed E-state index contributed by atoms with van der Waals surface area (Å²) in [4.78, 5) is 64.7. The maximum atomic E-state index is 15.4. The highest BCUT2D eigenvalue weighted by Gasteiger charge is 2.44. The number of imide groups is 2. The first-order chi connectivity index (χ1) is 31.3. The molecule has 6 nitrogen and oxygen atoms in total. The van der Waals surface area contributed by atoms with Crippen LogP contribution in [0.25, 0.3) is 87.6 Å². The first-order valence-corrected chi connectivity index (χ1v) is 22.6. The van der Waals surface area contributed by atoms with Gasteiger partial charge in [0.2, 0.25) is 0 Å². The normalized spacial score (nSPS) is 13.9. The van der Waals surface area contributed by atoms with Crippen LogP contribution in [-0.2, 0) is 0 Å². The van der Waals surface area contributed by atoms with E-state index in [1.165, 1.54) is 9.80 Å². The Kier molecular flexibility index (Phi) is 9.32. The van der Waals surface area contributed by atoms with E-state index in [1.54, 1.807) is 0 Å². The van der Waals surface area contributed by atoms with Gasteiger partial charge >= 0.3 is 0 Å². The van der Waals surface area contributed by atoms with Gasteiger partial charge in [-0.25, -0.2) is 0 Å². The fraction of sp³-hybridized carbons (Fsp3) is 0.172. The van der Waals surface area contributed by atoms with Gasteiger partial charge < -0.3 is 0 Å². The Labute approximate surface area is 372 Å². The molecule has 0 bridgehead atoms. The molecule has 64 heavy (non-hydrogen) atoms. The van der Waals surface area contributed by atoms with Crippen molar-refractivity contribution in [1.82, 2.24) is 9.80 Å². The van der Waals surface area contributed by atoms with Crippen molar-refractivity contribution in [2.24, 2.45) is 0 Å². The Morgan fingerprint density at radius 2 is 0.547 bits per heavy atom. The average molecular weight is 835 g/mol. The molecule has 4 amide bonds. The minimum absolute atomic E-state index is 0.295. The predicted molar refractivity (Wildman–Crippen MR) is 259 cm³/mol. The lowest BCUT2D eigenvalue weighted by atomic mass is 9.75. The molecule has 0 atom stereocenters. The van der Waals surface area contributed by atoms with E-state index < -0.39 is 0 Å². The zero-order chi connectivity index (χ0) is 44.0. The molecule has 9 aromatic rings. The molecule has 2 aliphatic rings. The zero-order valence-corrected chi connectivity index (χ0v) is 36.4. The smallest absolute Gasteiger partial charge is 0.262 e. The average Bonchev–Trinajstić information content (AvgIpc) is 3.34. The molecule has 0 spiro atoms. The summed E-state index contributed by atoms with van der Waals surface area (Å²) in [6, 6.07) is 47.8. The number of hydrogen-bond acceptors (Lipinski definition) is 4. The van der Waals surface area contributed by atoms with Gasteiger partial charge in [0, 0.05) is 22.9 Å². The second-order valence-corrected chi connectivity index (χ2v) is 17.3. The summed E-state index contributed by atoms with van der Waals surface area (Å²) in [5.41, 5.74) is 8.40. The maximum absolute atomic E-state index is 15.4. The van der Waals surface area contributed by atoms with Crippen LogP contribution in [0.4, 0.5) is 0 Å². The summed E-state index contributed by atoms with van der Waals surface area (Å²) >= 11 is 0. The van der Waals surface area contributed by atoms with Crippen molar-refractivity contribution in [3.63, 3.8) is 0 Å². The predicted octanol–water partition coefficient (Wildman–Crippen LogP) is 14.0. The summed E-state index contributed by atoms with van der Waals surface area (Å²) < 4.78 is 0. The van der Waals surface area contributed by atoms with Crippen LogP contribution >= 0.6 is 0 Å². The Morgan fingerprint density at radius 3 is 0.750 bits per heavy atom. The van der Waals surface area contributed by atoms with Crippen LogP contribution in [-0.4, -0.2) is 45.5 Å². The highest BCUT2D eigenvalue weighted by molar-refractivity contribution is 6.44. The van der Waals surface area contributed by atoms with E-state index >= 15 is 19.2 Å². The van der Waals surface area contributed by atoms with Crippen molar-refractivity contribution >= 4 is 66.7 Å². The lowest BCUT2D eigenvalue weighted by molar-refractivity contribution is 0.0515. The quantitative estimate of drug-likeness (QED) is 0.0781. The van der Waals surface area contributed by atoms with Crippen LogP contribution in [0.2, 0.25) is 0 Å². The van der Waals surface area contributed by atoms with Crippen molar-refractivity contribution in [1.29, 1.82) is 0 Å². The molecular formula is C58H46N2O4. The van der Waals surface area contributed by atoms with E-state index in [4.69, 9.17) is 0 Å². The van der Waals surface area contributed by atoms with Gasteiger partial charge in [0.25, 0.3) is 23.6 Å². The molecule has 312 valence electrons. The SMILES string of the molecule is CCC(CC)N1C(=O)c2c(-c3ccccc3)cc3c4cc(-c5ccccc5)c5c6c(c(-c7ccccc7)cc(c7cc(-c8ccccc8)c(c2c37)C1=O)c64)C(=O)N(C(CC)CC)C5=O. The molecule has 0 unspecified atom stereocenters. The van der Waals surface area contributed by atoms with E-state index in [0.717, 1.165) is 76.8 Å². The molecule has 9 aromatic carbocycles. The molecule has 0 saturated carbocycles. The summed E-state index contributed by atoms with van der Waals surface area (Å²) in [7, 11) is 0. The van der Waals surface area contributed by atoms with Gasteiger partial charge in [-0.15, -0.1) is 0 Å². The third-order valence-electron chi connectivity index (χ3n) is 14.1. The number of amides is 4. The molecule has 0 aromatic heterocycles. The molecule has 0 N–H and O–H groups in total. The second-order valence-electron chi connectivity index (χ2n) is 17.3. The molecule has 2 aliphatic heterocycles. The molecule has 0 radical (unpaired) electrons. The monoisotopic (exact) mass is 834 g/mol.